The molecule has 0 aliphatic carbocycles. The van der Waals surface area contributed by atoms with Crippen LogP contribution in [0.4, 0.5) is 10.1 Å². The van der Waals surface area contributed by atoms with Crippen molar-refractivity contribution in [2.24, 2.45) is 0 Å². The van der Waals surface area contributed by atoms with E-state index in [4.69, 9.17) is 14.2 Å². The number of nitrogens with one attached hydrogen (secondary N) is 1. The summed E-state index contributed by atoms with van der Waals surface area (Å²) in [6.45, 7) is 3.75. The van der Waals surface area contributed by atoms with Gasteiger partial charge in [-0.2, -0.15) is 0 Å². The van der Waals surface area contributed by atoms with Gasteiger partial charge in [-0.1, -0.05) is 12.1 Å². The Bertz CT molecular complexity index is 1560. The maximum Gasteiger partial charge on any atom is 0.253 e. The predicted molar refractivity (Wildman–Crippen MR) is 140 cm³/mol. The van der Waals surface area contributed by atoms with Gasteiger partial charge in [-0.15, -0.1) is 5.10 Å². The Hall–Kier alpha value is -4.03. The Morgan fingerprint density at radius 2 is 1.90 bits per heavy atom. The van der Waals surface area contributed by atoms with Gasteiger partial charge in [0.2, 0.25) is 6.79 Å². The van der Waals surface area contributed by atoms with Crippen molar-refractivity contribution >= 4 is 16.6 Å². The highest BCUT2D eigenvalue weighted by atomic mass is 19.1. The number of benzene rings is 2. The third-order valence-electron chi connectivity index (χ3n) is 7.74. The topological polar surface area (TPSA) is 111 Å². The van der Waals surface area contributed by atoms with Crippen LogP contribution in [0.25, 0.3) is 10.9 Å². The fraction of sp³-hybridized carbons (Fsp3) is 0.407. The fourth-order valence-corrected chi connectivity index (χ4v) is 5.76. The van der Waals surface area contributed by atoms with Gasteiger partial charge in [0.25, 0.3) is 5.56 Å². The fourth-order valence-electron chi connectivity index (χ4n) is 5.76. The third-order valence-corrected chi connectivity index (χ3v) is 7.74. The largest absolute Gasteiger partial charge is 0.454 e. The van der Waals surface area contributed by atoms with E-state index in [-0.39, 0.29) is 24.3 Å². The number of hydrogen-bond acceptors (Lipinski definition) is 9. The molecule has 39 heavy (non-hydrogen) atoms. The molecule has 2 aromatic heterocycles. The molecule has 1 N–H and O–H groups in total. The quantitative estimate of drug-likeness (QED) is 0.400. The highest BCUT2D eigenvalue weighted by molar-refractivity contribution is 5.83. The van der Waals surface area contributed by atoms with Gasteiger partial charge in [-0.25, -0.2) is 9.07 Å². The molecule has 0 spiro atoms. The number of aromatic amines is 1. The van der Waals surface area contributed by atoms with E-state index in [0.717, 1.165) is 24.8 Å². The number of anilines is 1. The van der Waals surface area contributed by atoms with E-state index in [0.29, 0.717) is 66.8 Å². The molecule has 0 saturated carbocycles. The van der Waals surface area contributed by atoms with Crippen molar-refractivity contribution in [3.63, 3.8) is 0 Å². The number of aromatic nitrogens is 5. The van der Waals surface area contributed by atoms with Gasteiger partial charge in [0, 0.05) is 49.8 Å². The summed E-state index contributed by atoms with van der Waals surface area (Å²) >= 11 is 0. The molecule has 5 heterocycles. The van der Waals surface area contributed by atoms with Crippen LogP contribution in [0.1, 0.15) is 30.3 Å². The van der Waals surface area contributed by atoms with Crippen LogP contribution in [-0.2, 0) is 11.3 Å². The molecule has 0 unspecified atom stereocenters. The predicted octanol–water partition coefficient (Wildman–Crippen LogP) is 2.47. The molecule has 0 amide bonds. The molecule has 2 saturated heterocycles. The lowest BCUT2D eigenvalue weighted by atomic mass is 10.0. The Morgan fingerprint density at radius 1 is 1.08 bits per heavy atom. The van der Waals surface area contributed by atoms with Crippen LogP contribution in [0.15, 0.2) is 47.3 Å². The van der Waals surface area contributed by atoms with Gasteiger partial charge in [-0.05, 0) is 47.5 Å². The summed E-state index contributed by atoms with van der Waals surface area (Å²) in [6.07, 6.45) is 1.97. The van der Waals surface area contributed by atoms with Crippen molar-refractivity contribution in [3.8, 4) is 11.5 Å². The maximum absolute atomic E-state index is 14.5. The number of rotatable bonds is 6. The average molecular weight is 534 g/mol. The second-order valence-electron chi connectivity index (χ2n) is 10.1. The normalized spacial score (nSPS) is 20.1. The van der Waals surface area contributed by atoms with Crippen LogP contribution in [0.2, 0.25) is 0 Å². The molecule has 4 aromatic rings. The van der Waals surface area contributed by atoms with Crippen LogP contribution in [0.3, 0.4) is 0 Å². The first kappa shape index (κ1) is 24.0. The van der Waals surface area contributed by atoms with Gasteiger partial charge in [0.1, 0.15) is 11.9 Å². The number of para-hydroxylation sites is 1. The Morgan fingerprint density at radius 3 is 2.69 bits per heavy atom. The van der Waals surface area contributed by atoms with Crippen molar-refractivity contribution in [2.45, 2.75) is 31.5 Å². The third kappa shape index (κ3) is 4.49. The van der Waals surface area contributed by atoms with Gasteiger partial charge >= 0.3 is 0 Å². The zero-order valence-electron chi connectivity index (χ0n) is 21.3. The first-order chi connectivity index (χ1) is 19.1. The van der Waals surface area contributed by atoms with E-state index in [1.807, 2.05) is 23.1 Å². The summed E-state index contributed by atoms with van der Waals surface area (Å²) in [5.74, 6) is 1.58. The first-order valence-corrected chi connectivity index (χ1v) is 13.2. The monoisotopic (exact) mass is 533 g/mol. The number of hydrogen-bond donors (Lipinski definition) is 1. The van der Waals surface area contributed by atoms with Crippen LogP contribution >= 0.6 is 0 Å². The Labute approximate surface area is 223 Å². The van der Waals surface area contributed by atoms with Crippen LogP contribution < -0.4 is 19.9 Å². The van der Waals surface area contributed by atoms with E-state index in [2.05, 4.69) is 25.4 Å². The van der Waals surface area contributed by atoms with Gasteiger partial charge in [0.15, 0.2) is 17.3 Å². The second-order valence-corrected chi connectivity index (χ2v) is 10.1. The molecule has 0 radical (unpaired) electrons. The van der Waals surface area contributed by atoms with E-state index in [1.165, 1.54) is 6.07 Å². The highest BCUT2D eigenvalue weighted by Crippen LogP contribution is 2.36. The highest BCUT2D eigenvalue weighted by Gasteiger charge is 2.34. The van der Waals surface area contributed by atoms with E-state index >= 15 is 0 Å². The minimum Gasteiger partial charge on any atom is -0.454 e. The smallest absolute Gasteiger partial charge is 0.253 e. The Balaban J connectivity index is 1.26. The SMILES string of the molecule is O=c1[nH]c2cc3c(cc2cc1[C@@H](c1nnnn1C[C@H]1CCCO1)N1CCN(c2ccccc2F)CC1)OCO3. The first-order valence-electron chi connectivity index (χ1n) is 13.2. The van der Waals surface area contributed by atoms with Crippen molar-refractivity contribution < 1.29 is 18.6 Å². The number of nitrogens with zero attached hydrogens (tertiary/aromatic N) is 6. The molecule has 2 aromatic carbocycles. The molecular formula is C27H28FN7O4. The lowest BCUT2D eigenvalue weighted by Gasteiger charge is -2.39. The van der Waals surface area contributed by atoms with Crippen LogP contribution in [0, 0.1) is 5.82 Å². The number of pyridine rings is 1. The van der Waals surface area contributed by atoms with Crippen molar-refractivity contribution in [2.75, 3.05) is 44.5 Å². The van der Waals surface area contributed by atoms with Crippen LogP contribution in [-0.4, -0.2) is 75.8 Å². The van der Waals surface area contributed by atoms with Crippen molar-refractivity contribution in [1.29, 1.82) is 0 Å². The van der Waals surface area contributed by atoms with Crippen molar-refractivity contribution in [3.05, 3.63) is 70.0 Å². The molecule has 2 atom stereocenters. The average Bonchev–Trinajstić information content (AvgIpc) is 3.72. The number of fused-ring (bicyclic) bond motifs is 2. The molecule has 11 nitrogen and oxygen atoms in total. The standard InChI is InChI=1S/C27H28FN7O4/c28-20-5-1-2-6-22(20)33-7-9-34(10-8-33)25(26-30-31-32-35(26)15-18-4-3-11-37-18)19-12-17-13-23-24(39-16-38-23)14-21(17)29-27(19)36/h1-2,5-6,12-14,18,25H,3-4,7-11,15-16H2,(H,29,36)/t18-,25+/m1/s1. The molecule has 3 aliphatic heterocycles. The zero-order valence-corrected chi connectivity index (χ0v) is 21.3. The van der Waals surface area contributed by atoms with Gasteiger partial charge in [0.05, 0.1) is 23.9 Å². The molecule has 12 heteroatoms. The summed E-state index contributed by atoms with van der Waals surface area (Å²) in [7, 11) is 0. The lowest BCUT2D eigenvalue weighted by molar-refractivity contribution is 0.0906. The minimum absolute atomic E-state index is 0.0282. The summed E-state index contributed by atoms with van der Waals surface area (Å²) in [5, 5.41) is 13.5. The summed E-state index contributed by atoms with van der Waals surface area (Å²) in [5.41, 5.74) is 1.55. The lowest BCUT2D eigenvalue weighted by Crippen LogP contribution is -2.49. The number of H-pyrrole nitrogens is 1. The molecular weight excluding hydrogens is 505 g/mol. The van der Waals surface area contributed by atoms with Gasteiger partial charge in [-0.3, -0.25) is 9.69 Å². The number of halogens is 1. The Kier molecular flexibility index (Phi) is 6.12. The van der Waals surface area contributed by atoms with Crippen LogP contribution in [0.5, 0.6) is 11.5 Å². The van der Waals surface area contributed by atoms with E-state index < -0.39 is 6.04 Å². The number of tetrazole rings is 1. The molecule has 202 valence electrons. The van der Waals surface area contributed by atoms with Gasteiger partial charge < -0.3 is 24.1 Å². The molecule has 2 fully saturated rings. The van der Waals surface area contributed by atoms with E-state index in [1.54, 1.807) is 22.9 Å². The van der Waals surface area contributed by atoms with Crippen molar-refractivity contribution in [1.82, 2.24) is 30.1 Å². The van der Waals surface area contributed by atoms with E-state index in [9.17, 15) is 9.18 Å². The number of piperazine rings is 1. The summed E-state index contributed by atoms with van der Waals surface area (Å²) in [6, 6.07) is 11.8. The maximum atomic E-state index is 14.5. The molecule has 3 aliphatic rings. The zero-order chi connectivity index (χ0) is 26.3. The molecule has 7 rings (SSSR count). The summed E-state index contributed by atoms with van der Waals surface area (Å²) < 4.78 is 33.2. The molecule has 0 bridgehead atoms. The number of ether oxygens (including phenoxy) is 3. The summed E-state index contributed by atoms with van der Waals surface area (Å²) in [4.78, 5) is 20.8. The minimum atomic E-state index is -0.511. The second kappa shape index (κ2) is 9.93.